The summed E-state index contributed by atoms with van der Waals surface area (Å²) in [5, 5.41) is 7.68. The lowest BCUT2D eigenvalue weighted by Gasteiger charge is -2.28. The highest BCUT2D eigenvalue weighted by molar-refractivity contribution is 5.79. The van der Waals surface area contributed by atoms with E-state index in [9.17, 15) is 4.79 Å². The van der Waals surface area contributed by atoms with Gasteiger partial charge in [0.1, 0.15) is 12.4 Å². The van der Waals surface area contributed by atoms with E-state index in [0.29, 0.717) is 13.2 Å². The third kappa shape index (κ3) is 3.28. The summed E-state index contributed by atoms with van der Waals surface area (Å²) in [4.78, 5) is 14.7. The highest BCUT2D eigenvalue weighted by Crippen LogP contribution is 2.28. The number of para-hydroxylation sites is 1. The van der Waals surface area contributed by atoms with Crippen molar-refractivity contribution in [3.63, 3.8) is 0 Å². The maximum Gasteiger partial charge on any atom is 0.229 e. The molecule has 1 atom stereocenters. The van der Waals surface area contributed by atoms with Gasteiger partial charge in [-0.25, -0.2) is 0 Å². The molecule has 2 aliphatic rings. The molecule has 1 N–H and O–H groups in total. The minimum absolute atomic E-state index is 0.113. The normalized spacial score (nSPS) is 19.3. The number of nitrogens with zero attached hydrogens (tertiary/aromatic N) is 2. The molecule has 5 heteroatoms. The van der Waals surface area contributed by atoms with Crippen molar-refractivity contribution in [2.24, 2.45) is 5.92 Å². The Morgan fingerprint density at radius 1 is 1.28 bits per heavy atom. The van der Waals surface area contributed by atoms with Crippen molar-refractivity contribution in [2.45, 2.75) is 45.1 Å². The monoisotopic (exact) mass is 339 g/mol. The molecule has 0 radical (unpaired) electrons. The van der Waals surface area contributed by atoms with E-state index in [-0.39, 0.29) is 11.8 Å². The average molecular weight is 339 g/mol. The molecule has 1 aromatic heterocycles. The highest BCUT2D eigenvalue weighted by atomic mass is 16.5. The zero-order valence-corrected chi connectivity index (χ0v) is 14.8. The molecule has 132 valence electrons. The minimum atomic E-state index is -0.113. The zero-order chi connectivity index (χ0) is 17.2. The third-order valence-corrected chi connectivity index (χ3v) is 5.38. The number of rotatable bonds is 3. The second-order valence-corrected chi connectivity index (χ2v) is 7.20. The Morgan fingerprint density at radius 3 is 3.04 bits per heavy atom. The molecule has 0 unspecified atom stereocenters. The summed E-state index contributed by atoms with van der Waals surface area (Å²) in [7, 11) is 1.88. The van der Waals surface area contributed by atoms with E-state index in [0.717, 1.165) is 36.3 Å². The molecule has 5 nitrogen and oxygen atoms in total. The fourth-order valence-electron chi connectivity index (χ4n) is 3.96. The number of aryl methyl sites for hydroxylation is 1. The molecule has 0 spiro atoms. The van der Waals surface area contributed by atoms with Gasteiger partial charge in [-0.1, -0.05) is 24.6 Å². The van der Waals surface area contributed by atoms with E-state index in [1.54, 1.807) is 0 Å². The van der Waals surface area contributed by atoms with Gasteiger partial charge < -0.3 is 9.64 Å². The lowest BCUT2D eigenvalue weighted by atomic mass is 9.95. The quantitative estimate of drug-likeness (QED) is 0.875. The van der Waals surface area contributed by atoms with Gasteiger partial charge in [-0.2, -0.15) is 5.10 Å². The summed E-state index contributed by atoms with van der Waals surface area (Å²) in [5.74, 6) is 0.934. The van der Waals surface area contributed by atoms with Crippen LogP contribution in [0.15, 0.2) is 24.3 Å². The first-order valence-corrected chi connectivity index (χ1v) is 9.23. The van der Waals surface area contributed by atoms with E-state index in [1.165, 1.54) is 30.5 Å². The van der Waals surface area contributed by atoms with Crippen LogP contribution in [0.2, 0.25) is 0 Å². The summed E-state index contributed by atoms with van der Waals surface area (Å²) in [6.07, 6.45) is 6.61. The number of hydrogen-bond acceptors (Lipinski definition) is 3. The molecular weight excluding hydrogens is 314 g/mol. The van der Waals surface area contributed by atoms with E-state index in [4.69, 9.17) is 4.74 Å². The topological polar surface area (TPSA) is 58.2 Å². The second-order valence-electron chi connectivity index (χ2n) is 7.20. The van der Waals surface area contributed by atoms with Crippen molar-refractivity contribution in [3.05, 3.63) is 46.8 Å². The van der Waals surface area contributed by atoms with Crippen LogP contribution in [-0.4, -0.2) is 34.7 Å². The molecule has 1 aromatic carbocycles. The van der Waals surface area contributed by atoms with Crippen LogP contribution in [0.1, 0.15) is 41.8 Å². The van der Waals surface area contributed by atoms with E-state index in [2.05, 4.69) is 10.2 Å². The van der Waals surface area contributed by atoms with E-state index < -0.39 is 0 Å². The van der Waals surface area contributed by atoms with Gasteiger partial charge in [0.05, 0.1) is 18.2 Å². The lowest BCUT2D eigenvalue weighted by molar-refractivity contribution is -0.136. The average Bonchev–Trinajstić information content (AvgIpc) is 2.87. The van der Waals surface area contributed by atoms with Crippen LogP contribution < -0.4 is 4.74 Å². The summed E-state index contributed by atoms with van der Waals surface area (Å²) in [6.45, 7) is 1.03. The first-order valence-electron chi connectivity index (χ1n) is 9.23. The predicted molar refractivity (Wildman–Crippen MR) is 95.5 cm³/mol. The van der Waals surface area contributed by atoms with Crippen LogP contribution in [0.5, 0.6) is 5.75 Å². The van der Waals surface area contributed by atoms with Gasteiger partial charge in [-0.3, -0.25) is 9.89 Å². The zero-order valence-electron chi connectivity index (χ0n) is 14.8. The van der Waals surface area contributed by atoms with Gasteiger partial charge in [-0.05, 0) is 49.3 Å². The van der Waals surface area contributed by atoms with Crippen LogP contribution in [0.4, 0.5) is 0 Å². The number of aromatic nitrogens is 2. The molecular formula is C20H25N3O2. The van der Waals surface area contributed by atoms with Crippen molar-refractivity contribution in [1.29, 1.82) is 0 Å². The number of carbonyl (C=O) groups is 1. The lowest BCUT2D eigenvalue weighted by Crippen LogP contribution is -2.38. The van der Waals surface area contributed by atoms with Gasteiger partial charge in [0.15, 0.2) is 0 Å². The van der Waals surface area contributed by atoms with Crippen molar-refractivity contribution < 1.29 is 9.53 Å². The first kappa shape index (κ1) is 16.2. The Hall–Kier alpha value is -2.30. The van der Waals surface area contributed by atoms with Gasteiger partial charge in [0.25, 0.3) is 0 Å². The number of benzene rings is 1. The van der Waals surface area contributed by atoms with Crippen molar-refractivity contribution in [3.8, 4) is 5.75 Å². The maximum absolute atomic E-state index is 12.9. The summed E-state index contributed by atoms with van der Waals surface area (Å²) in [5.41, 5.74) is 4.75. The van der Waals surface area contributed by atoms with Gasteiger partial charge in [0.2, 0.25) is 5.91 Å². The van der Waals surface area contributed by atoms with Gasteiger partial charge in [-0.15, -0.1) is 0 Å². The summed E-state index contributed by atoms with van der Waals surface area (Å²) >= 11 is 0. The molecule has 0 fully saturated rings. The number of carbonyl (C=O) groups excluding carboxylic acids is 1. The molecule has 1 aliphatic carbocycles. The first-order chi connectivity index (χ1) is 12.2. The SMILES string of the molecule is CN(Cc1n[nH]c2c1CCCCC2)C(=O)[C@@H]1COc2ccccc2C1. The maximum atomic E-state index is 12.9. The molecule has 1 amide bonds. The molecule has 4 rings (SSSR count). The summed E-state index contributed by atoms with van der Waals surface area (Å²) < 4.78 is 5.78. The Bertz CT molecular complexity index is 768. The Morgan fingerprint density at radius 2 is 2.12 bits per heavy atom. The standard InChI is InChI=1S/C20H25N3O2/c1-23(12-18-16-8-3-2-4-9-17(16)21-22-18)20(24)15-11-14-7-5-6-10-19(14)25-13-15/h5-7,10,15H,2-4,8-9,11-13H2,1H3,(H,21,22)/t15-/m0/s1. The molecule has 0 saturated carbocycles. The number of amides is 1. The number of H-pyrrole nitrogens is 1. The van der Waals surface area contributed by atoms with Gasteiger partial charge in [0, 0.05) is 12.7 Å². The van der Waals surface area contributed by atoms with Crippen molar-refractivity contribution in [2.75, 3.05) is 13.7 Å². The number of fused-ring (bicyclic) bond motifs is 2. The second kappa shape index (κ2) is 6.90. The molecule has 0 saturated heterocycles. The molecule has 2 heterocycles. The largest absolute Gasteiger partial charge is 0.492 e. The Kier molecular flexibility index (Phi) is 4.47. The Balaban J connectivity index is 1.44. The number of ether oxygens (including phenoxy) is 1. The van der Waals surface area contributed by atoms with Crippen LogP contribution >= 0.6 is 0 Å². The van der Waals surface area contributed by atoms with E-state index in [1.807, 2.05) is 36.2 Å². The fraction of sp³-hybridized carbons (Fsp3) is 0.500. The van der Waals surface area contributed by atoms with E-state index >= 15 is 0 Å². The van der Waals surface area contributed by atoms with Crippen LogP contribution in [0, 0.1) is 5.92 Å². The molecule has 2 aromatic rings. The van der Waals surface area contributed by atoms with Crippen LogP contribution in [0.25, 0.3) is 0 Å². The van der Waals surface area contributed by atoms with Crippen molar-refractivity contribution >= 4 is 5.91 Å². The fourth-order valence-corrected chi connectivity index (χ4v) is 3.96. The minimum Gasteiger partial charge on any atom is -0.492 e. The van der Waals surface area contributed by atoms with Crippen LogP contribution in [0.3, 0.4) is 0 Å². The molecule has 25 heavy (non-hydrogen) atoms. The highest BCUT2D eigenvalue weighted by Gasteiger charge is 2.29. The predicted octanol–water partition coefficient (Wildman–Crippen LogP) is 2.89. The number of nitrogens with one attached hydrogen (secondary N) is 1. The molecule has 1 aliphatic heterocycles. The third-order valence-electron chi connectivity index (χ3n) is 5.38. The number of aromatic amines is 1. The van der Waals surface area contributed by atoms with Gasteiger partial charge >= 0.3 is 0 Å². The number of hydrogen-bond donors (Lipinski definition) is 1. The van der Waals surface area contributed by atoms with Crippen LogP contribution in [-0.2, 0) is 30.6 Å². The summed E-state index contributed by atoms with van der Waals surface area (Å²) in [6, 6.07) is 7.98. The molecule has 0 bridgehead atoms. The smallest absolute Gasteiger partial charge is 0.229 e. The Labute approximate surface area is 148 Å². The van der Waals surface area contributed by atoms with Crippen molar-refractivity contribution in [1.82, 2.24) is 15.1 Å².